The van der Waals surface area contributed by atoms with Crippen LogP contribution in [-0.4, -0.2) is 24.4 Å². The van der Waals surface area contributed by atoms with Gasteiger partial charge in [0, 0.05) is 24.9 Å². The highest BCUT2D eigenvalue weighted by molar-refractivity contribution is 5.47. The van der Waals surface area contributed by atoms with E-state index in [1.165, 1.54) is 12.5 Å². The lowest BCUT2D eigenvalue weighted by Crippen LogP contribution is -2.24. The van der Waals surface area contributed by atoms with E-state index < -0.39 is 0 Å². The molecule has 3 nitrogen and oxygen atoms in total. The molecule has 0 saturated heterocycles. The van der Waals surface area contributed by atoms with Gasteiger partial charge in [0.25, 0.3) is 0 Å². The van der Waals surface area contributed by atoms with Gasteiger partial charge in [0.15, 0.2) is 11.6 Å². The topological polar surface area (TPSA) is 41.5 Å². The Labute approximate surface area is 113 Å². The number of halogens is 1. The van der Waals surface area contributed by atoms with Crippen molar-refractivity contribution >= 4 is 5.69 Å². The van der Waals surface area contributed by atoms with Gasteiger partial charge in [-0.2, -0.15) is 0 Å². The van der Waals surface area contributed by atoms with Gasteiger partial charge in [0.2, 0.25) is 0 Å². The summed E-state index contributed by atoms with van der Waals surface area (Å²) in [6, 6.07) is 5.03. The molecule has 1 aromatic rings. The minimum atomic E-state index is -0.299. The van der Waals surface area contributed by atoms with E-state index >= 15 is 0 Å². The Hall–Kier alpha value is -1.29. The SMILES string of the molecule is OCCCCCNc1ccc(OC2CCC2)c(F)c1. The predicted molar refractivity (Wildman–Crippen MR) is 74.1 cm³/mol. The van der Waals surface area contributed by atoms with Crippen molar-refractivity contribution in [3.63, 3.8) is 0 Å². The maximum atomic E-state index is 13.8. The van der Waals surface area contributed by atoms with Crippen molar-refractivity contribution in [1.29, 1.82) is 0 Å². The van der Waals surface area contributed by atoms with Gasteiger partial charge in [-0.1, -0.05) is 0 Å². The second-order valence-electron chi connectivity index (χ2n) is 5.03. The van der Waals surface area contributed by atoms with Crippen LogP contribution in [0.3, 0.4) is 0 Å². The molecule has 0 radical (unpaired) electrons. The fraction of sp³-hybridized carbons (Fsp3) is 0.600. The van der Waals surface area contributed by atoms with Crippen molar-refractivity contribution in [3.8, 4) is 5.75 Å². The van der Waals surface area contributed by atoms with Gasteiger partial charge in [-0.3, -0.25) is 0 Å². The van der Waals surface area contributed by atoms with Gasteiger partial charge in [-0.25, -0.2) is 4.39 Å². The van der Waals surface area contributed by atoms with E-state index in [1.807, 2.05) is 6.07 Å². The molecule has 0 spiro atoms. The number of nitrogens with one attached hydrogen (secondary N) is 1. The molecule has 0 heterocycles. The van der Waals surface area contributed by atoms with Gasteiger partial charge in [0.1, 0.15) is 0 Å². The minimum absolute atomic E-state index is 0.201. The molecule has 0 amide bonds. The van der Waals surface area contributed by atoms with Crippen LogP contribution in [0.5, 0.6) is 5.75 Å². The van der Waals surface area contributed by atoms with Gasteiger partial charge in [-0.15, -0.1) is 0 Å². The third kappa shape index (κ3) is 4.39. The number of aliphatic hydroxyl groups excluding tert-OH is 1. The number of aliphatic hydroxyl groups is 1. The van der Waals surface area contributed by atoms with Crippen LogP contribution >= 0.6 is 0 Å². The Balaban J connectivity index is 1.77. The van der Waals surface area contributed by atoms with Crippen molar-refractivity contribution in [3.05, 3.63) is 24.0 Å². The van der Waals surface area contributed by atoms with E-state index in [4.69, 9.17) is 9.84 Å². The average molecular weight is 267 g/mol. The second-order valence-corrected chi connectivity index (χ2v) is 5.03. The van der Waals surface area contributed by atoms with Crippen LogP contribution in [0.2, 0.25) is 0 Å². The number of unbranched alkanes of at least 4 members (excludes halogenated alkanes) is 2. The molecular weight excluding hydrogens is 245 g/mol. The van der Waals surface area contributed by atoms with Crippen molar-refractivity contribution in [2.75, 3.05) is 18.5 Å². The molecule has 0 aliphatic heterocycles. The summed E-state index contributed by atoms with van der Waals surface area (Å²) < 4.78 is 19.4. The summed E-state index contributed by atoms with van der Waals surface area (Å²) in [4.78, 5) is 0. The molecule has 2 rings (SSSR count). The number of ether oxygens (including phenoxy) is 1. The highest BCUT2D eigenvalue weighted by atomic mass is 19.1. The third-order valence-corrected chi connectivity index (χ3v) is 3.44. The third-order valence-electron chi connectivity index (χ3n) is 3.44. The van der Waals surface area contributed by atoms with Crippen LogP contribution in [0, 0.1) is 5.82 Å². The van der Waals surface area contributed by atoms with Crippen molar-refractivity contribution in [2.45, 2.75) is 44.6 Å². The molecule has 19 heavy (non-hydrogen) atoms. The molecule has 1 aliphatic rings. The monoisotopic (exact) mass is 267 g/mol. The minimum Gasteiger partial charge on any atom is -0.487 e. The number of hydrogen-bond donors (Lipinski definition) is 2. The summed E-state index contributed by atoms with van der Waals surface area (Å²) >= 11 is 0. The number of benzene rings is 1. The normalized spacial score (nSPS) is 15.1. The Kier molecular flexibility index (Phi) is 5.45. The Bertz CT molecular complexity index is 394. The van der Waals surface area contributed by atoms with E-state index in [0.29, 0.717) is 5.75 Å². The molecule has 4 heteroatoms. The Morgan fingerprint density at radius 3 is 2.74 bits per heavy atom. The fourth-order valence-corrected chi connectivity index (χ4v) is 2.02. The lowest BCUT2D eigenvalue weighted by atomic mass is 9.96. The van der Waals surface area contributed by atoms with Crippen molar-refractivity contribution < 1.29 is 14.2 Å². The first kappa shape index (κ1) is 14.1. The molecular formula is C15H22FNO2. The summed E-state index contributed by atoms with van der Waals surface area (Å²) in [7, 11) is 0. The number of rotatable bonds is 8. The van der Waals surface area contributed by atoms with Gasteiger partial charge in [-0.05, 0) is 50.7 Å². The zero-order valence-corrected chi connectivity index (χ0v) is 11.2. The molecule has 1 fully saturated rings. The lowest BCUT2D eigenvalue weighted by molar-refractivity contribution is 0.115. The van der Waals surface area contributed by atoms with E-state index in [9.17, 15) is 4.39 Å². The van der Waals surface area contributed by atoms with E-state index in [0.717, 1.165) is 44.3 Å². The standard InChI is InChI=1S/C15H22FNO2/c16-14-11-12(17-9-2-1-3-10-18)7-8-15(14)19-13-5-4-6-13/h7-8,11,13,17-18H,1-6,9-10H2. The van der Waals surface area contributed by atoms with E-state index in [2.05, 4.69) is 5.32 Å². The fourth-order valence-electron chi connectivity index (χ4n) is 2.02. The van der Waals surface area contributed by atoms with Crippen LogP contribution in [0.15, 0.2) is 18.2 Å². The second kappa shape index (κ2) is 7.34. The summed E-state index contributed by atoms with van der Waals surface area (Å²) in [6.07, 6.45) is 6.22. The van der Waals surface area contributed by atoms with Crippen LogP contribution in [0.25, 0.3) is 0 Å². The van der Waals surface area contributed by atoms with Crippen molar-refractivity contribution in [1.82, 2.24) is 0 Å². The van der Waals surface area contributed by atoms with Crippen molar-refractivity contribution in [2.24, 2.45) is 0 Å². The van der Waals surface area contributed by atoms with Crippen LogP contribution in [-0.2, 0) is 0 Å². The maximum Gasteiger partial charge on any atom is 0.167 e. The summed E-state index contributed by atoms with van der Waals surface area (Å²) in [5.74, 6) is 0.0581. The van der Waals surface area contributed by atoms with E-state index in [-0.39, 0.29) is 18.5 Å². The molecule has 1 saturated carbocycles. The zero-order chi connectivity index (χ0) is 13.5. The molecule has 0 atom stereocenters. The summed E-state index contributed by atoms with van der Waals surface area (Å²) in [5, 5.41) is 11.8. The smallest absolute Gasteiger partial charge is 0.167 e. The summed E-state index contributed by atoms with van der Waals surface area (Å²) in [6.45, 7) is 1.03. The first-order chi connectivity index (χ1) is 9.29. The number of hydrogen-bond acceptors (Lipinski definition) is 3. The average Bonchev–Trinajstić information content (AvgIpc) is 2.35. The molecule has 0 unspecified atom stereocenters. The number of anilines is 1. The molecule has 0 aromatic heterocycles. The highest BCUT2D eigenvalue weighted by Crippen LogP contribution is 2.28. The zero-order valence-electron chi connectivity index (χ0n) is 11.2. The lowest BCUT2D eigenvalue weighted by Gasteiger charge is -2.26. The molecule has 106 valence electrons. The first-order valence-corrected chi connectivity index (χ1v) is 7.10. The van der Waals surface area contributed by atoms with Gasteiger partial charge < -0.3 is 15.2 Å². The Morgan fingerprint density at radius 2 is 2.11 bits per heavy atom. The van der Waals surface area contributed by atoms with Gasteiger partial charge in [0.05, 0.1) is 6.10 Å². The van der Waals surface area contributed by atoms with Crippen LogP contribution in [0.4, 0.5) is 10.1 Å². The molecule has 2 N–H and O–H groups in total. The van der Waals surface area contributed by atoms with Crippen LogP contribution in [0.1, 0.15) is 38.5 Å². The molecule has 0 bridgehead atoms. The molecule has 1 aliphatic carbocycles. The largest absolute Gasteiger partial charge is 0.487 e. The highest BCUT2D eigenvalue weighted by Gasteiger charge is 2.20. The van der Waals surface area contributed by atoms with Gasteiger partial charge >= 0.3 is 0 Å². The quantitative estimate of drug-likeness (QED) is 0.710. The Morgan fingerprint density at radius 1 is 1.26 bits per heavy atom. The summed E-state index contributed by atoms with van der Waals surface area (Å²) in [5.41, 5.74) is 0.780. The first-order valence-electron chi connectivity index (χ1n) is 7.10. The molecule has 1 aromatic carbocycles. The predicted octanol–water partition coefficient (Wildman–Crippen LogP) is 3.33. The van der Waals surface area contributed by atoms with Crippen LogP contribution < -0.4 is 10.1 Å². The maximum absolute atomic E-state index is 13.8. The van der Waals surface area contributed by atoms with E-state index in [1.54, 1.807) is 6.07 Å².